The molecule has 0 atom stereocenters. The Labute approximate surface area is 184 Å². The third-order valence-corrected chi connectivity index (χ3v) is 7.69. The van der Waals surface area contributed by atoms with Gasteiger partial charge in [-0.1, -0.05) is 0 Å². The molecule has 8 nitrogen and oxygen atoms in total. The summed E-state index contributed by atoms with van der Waals surface area (Å²) in [5, 5.41) is 10.4. The first-order valence-corrected chi connectivity index (χ1v) is 11.7. The average Bonchev–Trinajstić information content (AvgIpc) is 3.42. The summed E-state index contributed by atoms with van der Waals surface area (Å²) < 4.78 is 4.96. The van der Waals surface area contributed by atoms with Crippen LogP contribution in [0.15, 0.2) is 28.2 Å². The van der Waals surface area contributed by atoms with E-state index in [9.17, 15) is 14.4 Å². The maximum atomic E-state index is 12.2. The minimum atomic E-state index is -0.482. The number of nitrogens with zero attached hydrogens (tertiary/aromatic N) is 1. The van der Waals surface area contributed by atoms with Crippen molar-refractivity contribution in [2.24, 2.45) is 17.8 Å². The zero-order valence-electron chi connectivity index (χ0n) is 17.2. The van der Waals surface area contributed by atoms with Gasteiger partial charge in [0.25, 0.3) is 5.91 Å². The molecule has 4 saturated carbocycles. The predicted molar refractivity (Wildman–Crippen MR) is 115 cm³/mol. The van der Waals surface area contributed by atoms with E-state index in [0.717, 1.165) is 23.4 Å². The van der Waals surface area contributed by atoms with Crippen molar-refractivity contribution in [3.05, 3.63) is 35.2 Å². The highest BCUT2D eigenvalue weighted by Gasteiger charge is 2.52. The van der Waals surface area contributed by atoms with Crippen molar-refractivity contribution in [2.75, 3.05) is 18.4 Å². The number of hydrogen-bond acceptors (Lipinski definition) is 6. The van der Waals surface area contributed by atoms with Crippen molar-refractivity contribution >= 4 is 34.2 Å². The summed E-state index contributed by atoms with van der Waals surface area (Å²) in [4.78, 5) is 40.6. The summed E-state index contributed by atoms with van der Waals surface area (Å²) in [5.41, 5.74) is 1.34. The van der Waals surface area contributed by atoms with Crippen molar-refractivity contribution in [3.8, 4) is 0 Å². The number of furan rings is 1. The summed E-state index contributed by atoms with van der Waals surface area (Å²) in [6, 6.07) is 3.10. The number of hydrogen-bond donors (Lipinski definition) is 3. The molecule has 0 aromatic carbocycles. The van der Waals surface area contributed by atoms with Crippen LogP contribution in [0.3, 0.4) is 0 Å². The average molecular weight is 443 g/mol. The molecule has 0 saturated heterocycles. The molecule has 31 heavy (non-hydrogen) atoms. The van der Waals surface area contributed by atoms with Gasteiger partial charge >= 0.3 is 0 Å². The molecule has 2 heterocycles. The molecule has 3 N–H and O–H groups in total. The quantitative estimate of drug-likeness (QED) is 0.610. The highest BCUT2D eigenvalue weighted by atomic mass is 32.1. The van der Waals surface area contributed by atoms with Gasteiger partial charge in [-0.25, -0.2) is 4.98 Å². The van der Waals surface area contributed by atoms with E-state index in [0.29, 0.717) is 5.13 Å². The molecule has 0 aliphatic heterocycles. The van der Waals surface area contributed by atoms with Crippen molar-refractivity contribution in [1.29, 1.82) is 0 Å². The monoisotopic (exact) mass is 442 g/mol. The number of thiazole rings is 1. The van der Waals surface area contributed by atoms with Crippen molar-refractivity contribution < 1.29 is 18.8 Å². The lowest BCUT2D eigenvalue weighted by molar-refractivity contribution is -0.123. The van der Waals surface area contributed by atoms with Gasteiger partial charge in [0.1, 0.15) is 0 Å². The van der Waals surface area contributed by atoms with E-state index in [2.05, 4.69) is 21.3 Å². The Kier molecular flexibility index (Phi) is 5.29. The normalized spacial score (nSPS) is 28.3. The van der Waals surface area contributed by atoms with E-state index in [4.69, 9.17) is 9.40 Å². The molecule has 0 radical (unpaired) electrons. The third kappa shape index (κ3) is 4.23. The van der Waals surface area contributed by atoms with Crippen LogP contribution in [0.25, 0.3) is 0 Å². The molecule has 4 fully saturated rings. The van der Waals surface area contributed by atoms with E-state index in [1.807, 2.05) is 0 Å². The fraction of sp³-hybridized carbons (Fsp3) is 0.545. The number of anilines is 1. The Morgan fingerprint density at radius 3 is 2.35 bits per heavy atom. The van der Waals surface area contributed by atoms with Crippen LogP contribution < -0.4 is 16.0 Å². The van der Waals surface area contributed by atoms with E-state index >= 15 is 0 Å². The molecule has 4 bridgehead atoms. The van der Waals surface area contributed by atoms with Gasteiger partial charge in [-0.15, -0.1) is 11.3 Å². The first kappa shape index (κ1) is 20.2. The van der Waals surface area contributed by atoms with Crippen LogP contribution in [0.1, 0.15) is 54.8 Å². The lowest BCUT2D eigenvalue weighted by Gasteiger charge is -2.56. The molecule has 4 aliphatic rings. The highest BCUT2D eigenvalue weighted by Crippen LogP contribution is 2.60. The minimum absolute atomic E-state index is 0.129. The van der Waals surface area contributed by atoms with E-state index < -0.39 is 11.8 Å². The Bertz CT molecular complexity index is 948. The Balaban J connectivity index is 1.10. The summed E-state index contributed by atoms with van der Waals surface area (Å²) in [7, 11) is 0. The topological polar surface area (TPSA) is 113 Å². The van der Waals surface area contributed by atoms with Crippen LogP contribution in [0.4, 0.5) is 5.13 Å². The number of nitrogens with one attached hydrogen (secondary N) is 3. The van der Waals surface area contributed by atoms with E-state index in [1.54, 1.807) is 6.07 Å². The molecule has 9 heteroatoms. The Morgan fingerprint density at radius 2 is 1.71 bits per heavy atom. The molecule has 0 spiro atoms. The standard InChI is InChI=1S/C22H26N4O4S/c27-18(10-24-20(29)16-2-1-3-30-16)23-11-19(28)26-21-25-17(12-31-21)22-7-13-4-14(8-22)6-15(5-13)9-22/h1-3,12-15H,4-11H2,(H,23,27)(H,24,29)(H,25,26,28). The van der Waals surface area contributed by atoms with Gasteiger partial charge in [0.05, 0.1) is 25.0 Å². The Morgan fingerprint density at radius 1 is 1.03 bits per heavy atom. The van der Waals surface area contributed by atoms with Gasteiger partial charge in [0.15, 0.2) is 10.9 Å². The fourth-order valence-corrected chi connectivity index (χ4v) is 6.91. The zero-order chi connectivity index (χ0) is 21.4. The molecule has 2 aromatic heterocycles. The molecule has 2 aromatic rings. The number of amides is 3. The van der Waals surface area contributed by atoms with Crippen LogP contribution in [0.5, 0.6) is 0 Å². The van der Waals surface area contributed by atoms with Gasteiger partial charge in [0.2, 0.25) is 11.8 Å². The maximum Gasteiger partial charge on any atom is 0.287 e. The SMILES string of the molecule is O=C(CNC(=O)c1ccco1)NCC(=O)Nc1nc(C23CC4CC(CC(C4)C2)C3)cs1. The van der Waals surface area contributed by atoms with E-state index in [1.165, 1.54) is 62.2 Å². The highest BCUT2D eigenvalue weighted by molar-refractivity contribution is 7.14. The van der Waals surface area contributed by atoms with Gasteiger partial charge < -0.3 is 20.4 Å². The first-order chi connectivity index (χ1) is 15.0. The predicted octanol–water partition coefficient (Wildman–Crippen LogP) is 2.69. The van der Waals surface area contributed by atoms with Crippen molar-refractivity contribution in [2.45, 2.75) is 43.9 Å². The molecule has 3 amide bonds. The molecular weight excluding hydrogens is 416 g/mol. The number of aromatic nitrogens is 1. The third-order valence-electron chi connectivity index (χ3n) is 6.93. The van der Waals surface area contributed by atoms with Gasteiger partial charge in [-0.05, 0) is 68.4 Å². The van der Waals surface area contributed by atoms with E-state index in [-0.39, 0.29) is 30.2 Å². The zero-order valence-corrected chi connectivity index (χ0v) is 18.0. The van der Waals surface area contributed by atoms with Crippen LogP contribution in [-0.4, -0.2) is 35.8 Å². The second kappa shape index (κ2) is 8.11. The van der Waals surface area contributed by atoms with Crippen molar-refractivity contribution in [1.82, 2.24) is 15.6 Å². The molecular formula is C22H26N4O4S. The summed E-state index contributed by atoms with van der Waals surface area (Å²) in [6.07, 6.45) is 9.23. The van der Waals surface area contributed by atoms with Gasteiger partial charge in [-0.2, -0.15) is 0 Å². The first-order valence-electron chi connectivity index (χ1n) is 10.8. The molecule has 6 rings (SSSR count). The molecule has 4 aliphatic carbocycles. The Hall–Kier alpha value is -2.68. The van der Waals surface area contributed by atoms with Gasteiger partial charge in [-0.3, -0.25) is 14.4 Å². The van der Waals surface area contributed by atoms with Crippen LogP contribution in [-0.2, 0) is 15.0 Å². The minimum Gasteiger partial charge on any atom is -0.459 e. The summed E-state index contributed by atoms with van der Waals surface area (Å²) in [6.45, 7) is -0.415. The largest absolute Gasteiger partial charge is 0.459 e. The molecule has 164 valence electrons. The summed E-state index contributed by atoms with van der Waals surface area (Å²) in [5.74, 6) is 1.38. The number of rotatable bonds is 7. The van der Waals surface area contributed by atoms with Crippen LogP contribution in [0, 0.1) is 17.8 Å². The van der Waals surface area contributed by atoms with Crippen LogP contribution in [0.2, 0.25) is 0 Å². The fourth-order valence-electron chi connectivity index (χ4n) is 6.06. The lowest BCUT2D eigenvalue weighted by Crippen LogP contribution is -2.48. The second-order valence-electron chi connectivity index (χ2n) is 9.22. The van der Waals surface area contributed by atoms with Crippen LogP contribution >= 0.6 is 11.3 Å². The van der Waals surface area contributed by atoms with Gasteiger partial charge in [0, 0.05) is 10.8 Å². The van der Waals surface area contributed by atoms with Crippen molar-refractivity contribution in [3.63, 3.8) is 0 Å². The lowest BCUT2D eigenvalue weighted by atomic mass is 9.49. The number of carbonyl (C=O) groups excluding carboxylic acids is 3. The summed E-state index contributed by atoms with van der Waals surface area (Å²) >= 11 is 1.45. The number of carbonyl (C=O) groups is 3. The maximum absolute atomic E-state index is 12.2. The second-order valence-corrected chi connectivity index (χ2v) is 10.1. The molecule has 0 unspecified atom stereocenters. The smallest absolute Gasteiger partial charge is 0.287 e.